The predicted molar refractivity (Wildman–Crippen MR) is 72.8 cm³/mol. The molecule has 116 valence electrons. The average molecular weight is 296 g/mol. The minimum Gasteiger partial charge on any atom is -0.480 e. The van der Waals surface area contributed by atoms with Gasteiger partial charge in [-0.2, -0.15) is 0 Å². The lowest BCUT2D eigenvalue weighted by atomic mass is 10.2. The van der Waals surface area contributed by atoms with Crippen molar-refractivity contribution in [1.29, 1.82) is 0 Å². The van der Waals surface area contributed by atoms with Crippen molar-refractivity contribution in [2.45, 2.75) is 51.8 Å². The molecule has 1 amide bonds. The summed E-state index contributed by atoms with van der Waals surface area (Å²) >= 11 is 0. The fourth-order valence-corrected chi connectivity index (χ4v) is 2.31. The Kier molecular flexibility index (Phi) is 3.89. The number of ether oxygens (including phenoxy) is 1. The van der Waals surface area contributed by atoms with Crippen molar-refractivity contribution in [1.82, 2.24) is 19.9 Å². The SMILES string of the molecule is Cc1cn([C@@H]2C[C@@H](C(=O)O)N(C(=O)OC(C)(C)C)C2)nn1. The zero-order valence-electron chi connectivity index (χ0n) is 12.6. The van der Waals surface area contributed by atoms with Crippen molar-refractivity contribution in [3.8, 4) is 0 Å². The van der Waals surface area contributed by atoms with Crippen molar-refractivity contribution in [2.24, 2.45) is 0 Å². The van der Waals surface area contributed by atoms with Crippen LogP contribution in [-0.4, -0.2) is 55.3 Å². The highest BCUT2D eigenvalue weighted by Crippen LogP contribution is 2.28. The first-order valence-corrected chi connectivity index (χ1v) is 6.78. The molecule has 0 saturated carbocycles. The van der Waals surface area contributed by atoms with Gasteiger partial charge in [-0.25, -0.2) is 14.3 Å². The summed E-state index contributed by atoms with van der Waals surface area (Å²) in [5, 5.41) is 17.2. The second-order valence-electron chi connectivity index (χ2n) is 6.22. The van der Waals surface area contributed by atoms with Crippen LogP contribution in [0, 0.1) is 6.92 Å². The Morgan fingerprint density at radius 1 is 1.43 bits per heavy atom. The van der Waals surface area contributed by atoms with Gasteiger partial charge in [0.05, 0.1) is 11.7 Å². The molecule has 1 aromatic rings. The van der Waals surface area contributed by atoms with Gasteiger partial charge in [0.25, 0.3) is 0 Å². The monoisotopic (exact) mass is 296 g/mol. The van der Waals surface area contributed by atoms with Gasteiger partial charge in [-0.05, 0) is 27.7 Å². The molecule has 0 spiro atoms. The molecule has 1 aliphatic rings. The summed E-state index contributed by atoms with van der Waals surface area (Å²) in [6, 6.07) is -1.12. The highest BCUT2D eigenvalue weighted by atomic mass is 16.6. The Labute approximate surface area is 122 Å². The summed E-state index contributed by atoms with van der Waals surface area (Å²) in [4.78, 5) is 24.8. The molecule has 0 radical (unpaired) electrons. The Morgan fingerprint density at radius 3 is 2.57 bits per heavy atom. The van der Waals surface area contributed by atoms with Crippen LogP contribution in [0.1, 0.15) is 38.9 Å². The number of aryl methyl sites for hydroxylation is 1. The second kappa shape index (κ2) is 5.34. The van der Waals surface area contributed by atoms with Gasteiger partial charge in [0.1, 0.15) is 11.6 Å². The first-order valence-electron chi connectivity index (χ1n) is 6.78. The van der Waals surface area contributed by atoms with Crippen molar-refractivity contribution < 1.29 is 19.4 Å². The van der Waals surface area contributed by atoms with E-state index in [-0.39, 0.29) is 19.0 Å². The molecule has 0 unspecified atom stereocenters. The lowest BCUT2D eigenvalue weighted by Crippen LogP contribution is -2.43. The van der Waals surface area contributed by atoms with E-state index < -0.39 is 23.7 Å². The molecule has 21 heavy (non-hydrogen) atoms. The molecule has 1 aromatic heterocycles. The van der Waals surface area contributed by atoms with Crippen LogP contribution >= 0.6 is 0 Å². The number of rotatable bonds is 2. The number of aliphatic carboxylic acids is 1. The molecule has 2 heterocycles. The number of nitrogens with zero attached hydrogens (tertiary/aromatic N) is 4. The quantitative estimate of drug-likeness (QED) is 0.881. The fraction of sp³-hybridized carbons (Fsp3) is 0.692. The minimum atomic E-state index is -1.04. The minimum absolute atomic E-state index is 0.209. The number of likely N-dealkylation sites (tertiary alicyclic amines) is 1. The average Bonchev–Trinajstić information content (AvgIpc) is 2.92. The molecule has 0 aromatic carbocycles. The van der Waals surface area contributed by atoms with Gasteiger partial charge in [-0.1, -0.05) is 5.21 Å². The Bertz CT molecular complexity index is 549. The van der Waals surface area contributed by atoms with Crippen LogP contribution in [0.15, 0.2) is 6.20 Å². The number of carbonyl (C=O) groups excluding carboxylic acids is 1. The molecule has 0 bridgehead atoms. The van der Waals surface area contributed by atoms with Crippen LogP contribution in [0.25, 0.3) is 0 Å². The molecular weight excluding hydrogens is 276 g/mol. The molecule has 2 atom stereocenters. The molecule has 0 aliphatic carbocycles. The van der Waals surface area contributed by atoms with E-state index in [2.05, 4.69) is 10.3 Å². The Balaban J connectivity index is 2.16. The van der Waals surface area contributed by atoms with Crippen molar-refractivity contribution in [2.75, 3.05) is 6.54 Å². The van der Waals surface area contributed by atoms with Crippen LogP contribution in [0.2, 0.25) is 0 Å². The van der Waals surface area contributed by atoms with Crippen LogP contribution in [-0.2, 0) is 9.53 Å². The number of carboxylic acids is 1. The molecule has 1 aliphatic heterocycles. The van der Waals surface area contributed by atoms with Gasteiger partial charge in [-0.15, -0.1) is 5.10 Å². The maximum atomic E-state index is 12.2. The molecule has 1 N–H and O–H groups in total. The van der Waals surface area contributed by atoms with Crippen molar-refractivity contribution in [3.05, 3.63) is 11.9 Å². The molecule has 1 saturated heterocycles. The smallest absolute Gasteiger partial charge is 0.411 e. The van der Waals surface area contributed by atoms with Crippen LogP contribution in [0.5, 0.6) is 0 Å². The predicted octanol–water partition coefficient (Wildman–Crippen LogP) is 1.22. The first kappa shape index (κ1) is 15.3. The normalized spacial score (nSPS) is 22.4. The highest BCUT2D eigenvalue weighted by molar-refractivity contribution is 5.81. The van der Waals surface area contributed by atoms with E-state index in [4.69, 9.17) is 4.74 Å². The maximum absolute atomic E-state index is 12.2. The summed E-state index contributed by atoms with van der Waals surface area (Å²) in [5.41, 5.74) is 0.0832. The van der Waals surface area contributed by atoms with E-state index in [0.29, 0.717) is 0 Å². The number of hydrogen-bond acceptors (Lipinski definition) is 5. The van der Waals surface area contributed by atoms with E-state index in [1.54, 1.807) is 38.6 Å². The number of hydrogen-bond donors (Lipinski definition) is 1. The molecule has 2 rings (SSSR count). The van der Waals surface area contributed by atoms with E-state index in [9.17, 15) is 14.7 Å². The van der Waals surface area contributed by atoms with E-state index in [1.807, 2.05) is 0 Å². The topological polar surface area (TPSA) is 97.6 Å². The molecule has 8 nitrogen and oxygen atoms in total. The lowest BCUT2D eigenvalue weighted by Gasteiger charge is -2.26. The van der Waals surface area contributed by atoms with Gasteiger partial charge in [0.15, 0.2) is 0 Å². The fourth-order valence-electron chi connectivity index (χ4n) is 2.31. The van der Waals surface area contributed by atoms with E-state index in [0.717, 1.165) is 5.69 Å². The number of carbonyl (C=O) groups is 2. The Hall–Kier alpha value is -2.12. The Morgan fingerprint density at radius 2 is 2.10 bits per heavy atom. The van der Waals surface area contributed by atoms with Gasteiger partial charge in [0, 0.05) is 19.2 Å². The third-order valence-corrected chi connectivity index (χ3v) is 3.19. The number of amides is 1. The third kappa shape index (κ3) is 3.50. The van der Waals surface area contributed by atoms with Gasteiger partial charge >= 0.3 is 12.1 Å². The second-order valence-corrected chi connectivity index (χ2v) is 6.22. The summed E-state index contributed by atoms with van der Waals surface area (Å²) in [6.07, 6.45) is 1.41. The van der Waals surface area contributed by atoms with Gasteiger partial charge < -0.3 is 9.84 Å². The largest absolute Gasteiger partial charge is 0.480 e. The number of aromatic nitrogens is 3. The summed E-state index contributed by atoms with van der Waals surface area (Å²) in [7, 11) is 0. The van der Waals surface area contributed by atoms with Crippen LogP contribution < -0.4 is 0 Å². The first-order chi connectivity index (χ1) is 9.67. The van der Waals surface area contributed by atoms with E-state index in [1.165, 1.54) is 4.90 Å². The zero-order valence-corrected chi connectivity index (χ0v) is 12.6. The van der Waals surface area contributed by atoms with Gasteiger partial charge in [-0.3, -0.25) is 4.90 Å². The number of carboxylic acid groups (broad SMARTS) is 1. The lowest BCUT2D eigenvalue weighted by molar-refractivity contribution is -0.142. The zero-order chi connectivity index (χ0) is 15.8. The standard InChI is InChI=1S/C13H20N4O4/c1-8-6-17(15-14-8)9-5-10(11(18)19)16(7-9)12(20)21-13(2,3)4/h6,9-10H,5,7H2,1-4H3,(H,18,19)/t9-,10+/m1/s1. The summed E-state index contributed by atoms with van der Waals surface area (Å²) in [5.74, 6) is -1.04. The van der Waals surface area contributed by atoms with Crippen LogP contribution in [0.3, 0.4) is 0 Å². The highest BCUT2D eigenvalue weighted by Gasteiger charge is 2.42. The van der Waals surface area contributed by atoms with Crippen LogP contribution in [0.4, 0.5) is 4.79 Å². The third-order valence-electron chi connectivity index (χ3n) is 3.19. The molecule has 1 fully saturated rings. The summed E-state index contributed by atoms with van der Waals surface area (Å²) in [6.45, 7) is 7.28. The molecular formula is C13H20N4O4. The van der Waals surface area contributed by atoms with Crippen molar-refractivity contribution in [3.63, 3.8) is 0 Å². The maximum Gasteiger partial charge on any atom is 0.411 e. The summed E-state index contributed by atoms with van der Waals surface area (Å²) < 4.78 is 6.88. The van der Waals surface area contributed by atoms with Crippen molar-refractivity contribution >= 4 is 12.1 Å². The van der Waals surface area contributed by atoms with Gasteiger partial charge in [0.2, 0.25) is 0 Å². The van der Waals surface area contributed by atoms with E-state index >= 15 is 0 Å². The molecule has 8 heteroatoms.